The van der Waals surface area contributed by atoms with Crippen molar-refractivity contribution in [2.75, 3.05) is 26.2 Å². The average molecular weight is 440 g/mol. The molecule has 1 saturated heterocycles. The maximum atomic E-state index is 14.4. The molecule has 31 heavy (non-hydrogen) atoms. The molecule has 0 N–H and O–H groups in total. The van der Waals surface area contributed by atoms with Crippen LogP contribution < -0.4 is 5.56 Å². The topological polar surface area (TPSA) is 75.5 Å². The second kappa shape index (κ2) is 8.48. The molecule has 11 heteroatoms. The molecule has 1 aromatic heterocycles. The van der Waals surface area contributed by atoms with Crippen LogP contribution in [-0.2, 0) is 17.5 Å². The number of hydrogen-bond donors (Lipinski definition) is 0. The number of alkyl halides is 3. The van der Waals surface area contributed by atoms with E-state index in [9.17, 15) is 31.9 Å². The first-order chi connectivity index (χ1) is 14.5. The van der Waals surface area contributed by atoms with Crippen LogP contribution >= 0.6 is 0 Å². The van der Waals surface area contributed by atoms with Gasteiger partial charge in [-0.25, -0.2) is 4.39 Å². The molecule has 3 rings (SSSR count). The second-order valence-corrected chi connectivity index (χ2v) is 7.18. The lowest BCUT2D eigenvalue weighted by atomic mass is 10.0. The Hall–Kier alpha value is -3.24. The molecular formula is C20H20F4N4O3. The smallest absolute Gasteiger partial charge is 0.340 e. The fourth-order valence-electron chi connectivity index (χ4n) is 3.36. The summed E-state index contributed by atoms with van der Waals surface area (Å²) in [6, 6.07) is 4.43. The van der Waals surface area contributed by atoms with Gasteiger partial charge in [0.15, 0.2) is 0 Å². The zero-order valence-electron chi connectivity index (χ0n) is 16.9. The quantitative estimate of drug-likeness (QED) is 0.683. The van der Waals surface area contributed by atoms with Crippen LogP contribution in [0.5, 0.6) is 0 Å². The Kier molecular flexibility index (Phi) is 6.14. The minimum absolute atomic E-state index is 0.0336. The summed E-state index contributed by atoms with van der Waals surface area (Å²) in [5.41, 5.74) is -1.04. The number of aryl methyl sites for hydroxylation is 1. The Balaban J connectivity index is 1.88. The summed E-state index contributed by atoms with van der Waals surface area (Å²) in [5.74, 6) is -1.72. The fourth-order valence-corrected chi connectivity index (χ4v) is 3.36. The molecule has 1 aliphatic rings. The van der Waals surface area contributed by atoms with E-state index in [1.165, 1.54) is 24.0 Å². The van der Waals surface area contributed by atoms with E-state index in [0.29, 0.717) is 18.7 Å². The van der Waals surface area contributed by atoms with Crippen molar-refractivity contribution in [1.82, 2.24) is 19.6 Å². The Labute approximate surface area is 174 Å². The normalized spacial score (nSPS) is 14.8. The predicted molar refractivity (Wildman–Crippen MR) is 102 cm³/mol. The van der Waals surface area contributed by atoms with Gasteiger partial charge >= 0.3 is 6.30 Å². The lowest BCUT2D eigenvalue weighted by Crippen LogP contribution is -2.52. The van der Waals surface area contributed by atoms with E-state index in [1.54, 1.807) is 4.90 Å². The van der Waals surface area contributed by atoms with Gasteiger partial charge in [-0.1, -0.05) is 6.07 Å². The van der Waals surface area contributed by atoms with Gasteiger partial charge in [0.05, 0.1) is 11.3 Å². The first kappa shape index (κ1) is 22.4. The lowest BCUT2D eigenvalue weighted by molar-refractivity contribution is -0.215. The minimum Gasteiger partial charge on any atom is -0.340 e. The maximum Gasteiger partial charge on any atom is 0.507 e. The van der Waals surface area contributed by atoms with Crippen LogP contribution in [0.15, 0.2) is 29.1 Å². The molecular weight excluding hydrogens is 420 g/mol. The molecule has 0 radical (unpaired) electrons. The third kappa shape index (κ3) is 4.75. The molecule has 166 valence electrons. The van der Waals surface area contributed by atoms with Gasteiger partial charge in [-0.05, 0) is 37.1 Å². The highest BCUT2D eigenvalue weighted by Crippen LogP contribution is 2.21. The van der Waals surface area contributed by atoms with Crippen molar-refractivity contribution in [3.05, 3.63) is 62.8 Å². The van der Waals surface area contributed by atoms with Crippen molar-refractivity contribution in [2.45, 2.75) is 26.6 Å². The first-order valence-electron chi connectivity index (χ1n) is 9.53. The molecule has 2 aromatic rings. The van der Waals surface area contributed by atoms with Crippen LogP contribution in [0.1, 0.15) is 34.1 Å². The largest absolute Gasteiger partial charge is 0.507 e. The van der Waals surface area contributed by atoms with E-state index in [1.807, 2.05) is 6.92 Å². The van der Waals surface area contributed by atoms with Crippen LogP contribution in [0.3, 0.4) is 0 Å². The maximum absolute atomic E-state index is 14.4. The van der Waals surface area contributed by atoms with Gasteiger partial charge in [-0.2, -0.15) is 5.10 Å². The molecule has 0 spiro atoms. The van der Waals surface area contributed by atoms with E-state index in [-0.39, 0.29) is 42.2 Å². The van der Waals surface area contributed by atoms with Crippen LogP contribution in [0.25, 0.3) is 0 Å². The number of carbonyl (C=O) groups excluding carboxylic acids is 2. The fraction of sp³-hybridized carbons (Fsp3) is 0.400. The molecule has 0 bridgehead atoms. The van der Waals surface area contributed by atoms with E-state index < -0.39 is 28.3 Å². The average Bonchev–Trinajstić information content (AvgIpc) is 2.69. The minimum atomic E-state index is -4.98. The number of halogens is 4. The van der Waals surface area contributed by atoms with Crippen molar-refractivity contribution >= 4 is 11.8 Å². The van der Waals surface area contributed by atoms with Gasteiger partial charge in [0.25, 0.3) is 11.5 Å². The van der Waals surface area contributed by atoms with Gasteiger partial charge in [0.2, 0.25) is 5.91 Å². The zero-order valence-corrected chi connectivity index (χ0v) is 16.9. The summed E-state index contributed by atoms with van der Waals surface area (Å²) >= 11 is 0. The Bertz CT molecular complexity index is 1080. The molecule has 2 amide bonds. The van der Waals surface area contributed by atoms with Crippen LogP contribution in [0, 0.1) is 12.7 Å². The molecule has 0 saturated carbocycles. The van der Waals surface area contributed by atoms with Crippen molar-refractivity contribution in [1.29, 1.82) is 0 Å². The summed E-state index contributed by atoms with van der Waals surface area (Å²) in [7, 11) is 0. The number of nitrogens with zero attached hydrogens (tertiary/aromatic N) is 4. The summed E-state index contributed by atoms with van der Waals surface area (Å²) in [4.78, 5) is 39.2. The van der Waals surface area contributed by atoms with E-state index >= 15 is 0 Å². The van der Waals surface area contributed by atoms with E-state index in [4.69, 9.17) is 0 Å². The first-order valence-corrected chi connectivity index (χ1v) is 9.53. The summed E-state index contributed by atoms with van der Waals surface area (Å²) in [5, 5.41) is 3.39. The highest BCUT2D eigenvalue weighted by Gasteiger charge is 2.34. The van der Waals surface area contributed by atoms with Crippen LogP contribution in [0.4, 0.5) is 17.6 Å². The van der Waals surface area contributed by atoms with Crippen LogP contribution in [-0.4, -0.2) is 57.6 Å². The molecule has 1 aromatic carbocycles. The molecule has 1 aliphatic heterocycles. The number of aromatic nitrogens is 2. The van der Waals surface area contributed by atoms with Gasteiger partial charge < -0.3 is 9.80 Å². The summed E-state index contributed by atoms with van der Waals surface area (Å²) in [6.07, 6.45) is -5.12. The Morgan fingerprint density at radius 1 is 1.16 bits per heavy atom. The Morgan fingerprint density at radius 2 is 1.87 bits per heavy atom. The van der Waals surface area contributed by atoms with Gasteiger partial charge in [0, 0.05) is 32.1 Å². The number of amides is 2. The van der Waals surface area contributed by atoms with E-state index in [0.717, 1.165) is 12.1 Å². The highest BCUT2D eigenvalue weighted by atomic mass is 19.4. The van der Waals surface area contributed by atoms with Gasteiger partial charge in [0.1, 0.15) is 12.4 Å². The number of hydrogen-bond acceptors (Lipinski definition) is 4. The summed E-state index contributed by atoms with van der Waals surface area (Å²) in [6.45, 7) is 4.18. The van der Waals surface area contributed by atoms with Gasteiger partial charge in [-0.3, -0.25) is 14.4 Å². The van der Waals surface area contributed by atoms with Crippen molar-refractivity contribution in [3.63, 3.8) is 0 Å². The SMILES string of the molecule is CCN1CCN(C(=O)c2cc(Cc3nn(C(F)(F)F)c(=O)cc3C)ccc2F)CC1=O. The van der Waals surface area contributed by atoms with Crippen molar-refractivity contribution < 1.29 is 27.2 Å². The predicted octanol–water partition coefficient (Wildman–Crippen LogP) is 2.06. The van der Waals surface area contributed by atoms with E-state index in [2.05, 4.69) is 5.10 Å². The van der Waals surface area contributed by atoms with Crippen LogP contribution in [0.2, 0.25) is 0 Å². The molecule has 2 heterocycles. The monoisotopic (exact) mass is 440 g/mol. The Morgan fingerprint density at radius 3 is 2.48 bits per heavy atom. The van der Waals surface area contributed by atoms with Gasteiger partial charge in [-0.15, -0.1) is 17.9 Å². The standard InChI is InChI=1S/C20H20F4N4O3/c1-3-26-6-7-27(11-18(26)30)19(31)14-9-13(4-5-15(14)21)10-16-12(2)8-17(29)28(25-16)20(22,23)24/h4-5,8-9H,3,6-7,10-11H2,1-2H3. The second-order valence-electron chi connectivity index (χ2n) is 7.18. The molecule has 0 aliphatic carbocycles. The number of benzene rings is 1. The number of likely N-dealkylation sites (N-methyl/N-ethyl adjacent to an activating group) is 1. The molecule has 7 nitrogen and oxygen atoms in total. The number of piperazine rings is 1. The molecule has 1 fully saturated rings. The third-order valence-electron chi connectivity index (χ3n) is 5.09. The zero-order chi connectivity index (χ0) is 22.9. The van der Waals surface area contributed by atoms with Crippen molar-refractivity contribution in [2.24, 2.45) is 0 Å². The molecule has 0 unspecified atom stereocenters. The third-order valence-corrected chi connectivity index (χ3v) is 5.09. The molecule has 0 atom stereocenters. The number of carbonyl (C=O) groups is 2. The number of rotatable bonds is 4. The summed E-state index contributed by atoms with van der Waals surface area (Å²) < 4.78 is 52.7. The van der Waals surface area contributed by atoms with Crippen molar-refractivity contribution in [3.8, 4) is 0 Å². The highest BCUT2D eigenvalue weighted by molar-refractivity contribution is 5.97. The lowest BCUT2D eigenvalue weighted by Gasteiger charge is -2.33.